The second-order valence-corrected chi connectivity index (χ2v) is 4.96. The Balaban J connectivity index is 2.84. The van der Waals surface area contributed by atoms with E-state index < -0.39 is 0 Å². The van der Waals surface area contributed by atoms with Gasteiger partial charge in [0.1, 0.15) is 7.85 Å². The van der Waals surface area contributed by atoms with E-state index in [4.69, 9.17) is 0 Å². The molecule has 0 aromatic heterocycles. The zero-order valence-corrected chi connectivity index (χ0v) is 8.94. The van der Waals surface area contributed by atoms with E-state index in [2.05, 4.69) is 47.7 Å². The Bertz CT molecular complexity index is 228. The van der Waals surface area contributed by atoms with Crippen LogP contribution in [0.5, 0.6) is 0 Å². The van der Waals surface area contributed by atoms with Crippen molar-refractivity contribution in [2.75, 3.05) is 0 Å². The van der Waals surface area contributed by atoms with Gasteiger partial charge < -0.3 is 0 Å². The van der Waals surface area contributed by atoms with Gasteiger partial charge >= 0.3 is 0 Å². The van der Waals surface area contributed by atoms with Gasteiger partial charge in [-0.25, -0.2) is 0 Å². The smallest absolute Gasteiger partial charge is 0.0778 e. The SMILES string of the molecule is BC1CC(C(C)(C)C)=CC=C1C. The van der Waals surface area contributed by atoms with E-state index in [-0.39, 0.29) is 0 Å². The van der Waals surface area contributed by atoms with E-state index in [9.17, 15) is 0 Å². The molecule has 1 atom stereocenters. The lowest BCUT2D eigenvalue weighted by atomic mass is 9.69. The molecule has 1 heteroatoms. The van der Waals surface area contributed by atoms with Gasteiger partial charge in [0.15, 0.2) is 0 Å². The van der Waals surface area contributed by atoms with E-state index in [0.29, 0.717) is 5.41 Å². The molecule has 1 unspecified atom stereocenters. The highest BCUT2D eigenvalue weighted by Gasteiger charge is 2.21. The monoisotopic (exact) mass is 162 g/mol. The zero-order chi connectivity index (χ0) is 9.35. The lowest BCUT2D eigenvalue weighted by Gasteiger charge is -2.28. The summed E-state index contributed by atoms with van der Waals surface area (Å²) in [7, 11) is 2.31. The first-order chi connectivity index (χ1) is 5.41. The summed E-state index contributed by atoms with van der Waals surface area (Å²) in [5, 5.41) is 0. The molecule has 1 aliphatic rings. The summed E-state index contributed by atoms with van der Waals surface area (Å²) >= 11 is 0. The lowest BCUT2D eigenvalue weighted by molar-refractivity contribution is 0.479. The van der Waals surface area contributed by atoms with Gasteiger partial charge in [-0.2, -0.15) is 0 Å². The molecule has 1 rings (SSSR count). The normalized spacial score (nSPS) is 24.8. The molecule has 0 amide bonds. The topological polar surface area (TPSA) is 0 Å². The summed E-state index contributed by atoms with van der Waals surface area (Å²) in [5.41, 5.74) is 3.45. The minimum atomic E-state index is 0.353. The Morgan fingerprint density at radius 3 is 2.33 bits per heavy atom. The van der Waals surface area contributed by atoms with Crippen LogP contribution in [0.3, 0.4) is 0 Å². The van der Waals surface area contributed by atoms with Crippen molar-refractivity contribution in [1.82, 2.24) is 0 Å². The molecule has 0 aromatic carbocycles. The molecule has 0 aliphatic heterocycles. The average Bonchev–Trinajstić information content (AvgIpc) is 1.92. The second-order valence-electron chi connectivity index (χ2n) is 4.96. The first-order valence-electron chi connectivity index (χ1n) is 4.79. The molecule has 0 saturated heterocycles. The van der Waals surface area contributed by atoms with Crippen molar-refractivity contribution in [2.45, 2.75) is 39.9 Å². The first-order valence-corrected chi connectivity index (χ1v) is 4.79. The summed E-state index contributed by atoms with van der Waals surface area (Å²) in [6.07, 6.45) is 5.82. The third kappa shape index (κ3) is 2.03. The van der Waals surface area contributed by atoms with Crippen LogP contribution in [0, 0.1) is 5.41 Å². The molecule has 66 valence electrons. The molecule has 0 fully saturated rings. The molecule has 1 aliphatic carbocycles. The lowest BCUT2D eigenvalue weighted by Crippen LogP contribution is -2.14. The van der Waals surface area contributed by atoms with Crippen LogP contribution in [0.1, 0.15) is 34.1 Å². The van der Waals surface area contributed by atoms with Crippen molar-refractivity contribution in [2.24, 2.45) is 5.41 Å². The summed E-state index contributed by atoms with van der Waals surface area (Å²) in [6, 6.07) is 0. The van der Waals surface area contributed by atoms with Crippen LogP contribution in [0.15, 0.2) is 23.3 Å². The van der Waals surface area contributed by atoms with Gasteiger partial charge in [0.05, 0.1) is 0 Å². The molecule has 0 saturated carbocycles. The Morgan fingerprint density at radius 2 is 1.92 bits per heavy atom. The number of allylic oxidation sites excluding steroid dienone is 4. The number of hydrogen-bond acceptors (Lipinski definition) is 0. The Kier molecular flexibility index (Phi) is 2.50. The van der Waals surface area contributed by atoms with Crippen molar-refractivity contribution in [3.8, 4) is 0 Å². The minimum absolute atomic E-state index is 0.353. The van der Waals surface area contributed by atoms with E-state index >= 15 is 0 Å². The van der Waals surface area contributed by atoms with Gasteiger partial charge in [-0.05, 0) is 24.6 Å². The molecule has 0 N–H and O–H groups in total. The molecule has 12 heavy (non-hydrogen) atoms. The van der Waals surface area contributed by atoms with Crippen LogP contribution >= 0.6 is 0 Å². The molecule has 0 radical (unpaired) electrons. The quantitative estimate of drug-likeness (QED) is 0.480. The highest BCUT2D eigenvalue weighted by molar-refractivity contribution is 6.13. The van der Waals surface area contributed by atoms with Gasteiger partial charge in [0.25, 0.3) is 0 Å². The average molecular weight is 162 g/mol. The van der Waals surface area contributed by atoms with Gasteiger partial charge in [-0.1, -0.05) is 44.1 Å². The molecular weight excluding hydrogens is 143 g/mol. The van der Waals surface area contributed by atoms with Crippen molar-refractivity contribution in [3.63, 3.8) is 0 Å². The number of hydrogen-bond donors (Lipinski definition) is 0. The molecular formula is C11H19B. The molecule has 0 spiro atoms. The highest BCUT2D eigenvalue weighted by Crippen LogP contribution is 2.36. The Hall–Kier alpha value is -0.455. The second kappa shape index (κ2) is 3.12. The van der Waals surface area contributed by atoms with E-state index in [1.165, 1.54) is 12.0 Å². The van der Waals surface area contributed by atoms with E-state index in [0.717, 1.165) is 5.82 Å². The van der Waals surface area contributed by atoms with E-state index in [1.54, 1.807) is 5.57 Å². The fourth-order valence-electron chi connectivity index (χ4n) is 1.51. The first kappa shape index (κ1) is 9.63. The largest absolute Gasteiger partial charge is 0.111 e. The zero-order valence-electron chi connectivity index (χ0n) is 8.94. The van der Waals surface area contributed by atoms with Crippen LogP contribution in [0.25, 0.3) is 0 Å². The summed E-state index contributed by atoms with van der Waals surface area (Å²) in [5.74, 6) is 0.740. The Labute approximate surface area is 77.2 Å². The summed E-state index contributed by atoms with van der Waals surface area (Å²) < 4.78 is 0. The van der Waals surface area contributed by atoms with Crippen molar-refractivity contribution in [3.05, 3.63) is 23.3 Å². The van der Waals surface area contributed by atoms with Gasteiger partial charge in [-0.3, -0.25) is 0 Å². The van der Waals surface area contributed by atoms with Crippen molar-refractivity contribution >= 4 is 7.85 Å². The fourth-order valence-corrected chi connectivity index (χ4v) is 1.51. The summed E-state index contributed by atoms with van der Waals surface area (Å²) in [6.45, 7) is 9.10. The minimum Gasteiger partial charge on any atom is -0.0778 e. The molecule has 0 nitrogen and oxygen atoms in total. The van der Waals surface area contributed by atoms with Crippen LogP contribution in [-0.4, -0.2) is 7.85 Å². The van der Waals surface area contributed by atoms with Crippen molar-refractivity contribution in [1.29, 1.82) is 0 Å². The number of rotatable bonds is 0. The standard InChI is InChI=1S/C11H19B/c1-8-5-6-9(7-10(8)12)11(2,3)4/h5-6,10H,7,12H2,1-4H3. The molecule has 0 heterocycles. The van der Waals surface area contributed by atoms with Crippen molar-refractivity contribution < 1.29 is 0 Å². The maximum Gasteiger partial charge on any atom is 0.111 e. The third-order valence-corrected chi connectivity index (χ3v) is 2.81. The highest BCUT2D eigenvalue weighted by atomic mass is 14.2. The van der Waals surface area contributed by atoms with E-state index in [1.807, 2.05) is 0 Å². The van der Waals surface area contributed by atoms with Gasteiger partial charge in [0.2, 0.25) is 0 Å². The van der Waals surface area contributed by atoms with Gasteiger partial charge in [0, 0.05) is 0 Å². The third-order valence-electron chi connectivity index (χ3n) is 2.81. The predicted molar refractivity (Wildman–Crippen MR) is 58.2 cm³/mol. The predicted octanol–water partition coefficient (Wildman–Crippen LogP) is 2.73. The van der Waals surface area contributed by atoms with Gasteiger partial charge in [-0.15, -0.1) is 0 Å². The maximum atomic E-state index is 2.31. The fraction of sp³-hybridized carbons (Fsp3) is 0.636. The summed E-state index contributed by atoms with van der Waals surface area (Å²) in [4.78, 5) is 0. The van der Waals surface area contributed by atoms with Crippen LogP contribution in [0.2, 0.25) is 5.82 Å². The van der Waals surface area contributed by atoms with Crippen LogP contribution in [0.4, 0.5) is 0 Å². The Morgan fingerprint density at radius 1 is 1.33 bits per heavy atom. The molecule has 0 bridgehead atoms. The molecule has 0 aromatic rings. The van der Waals surface area contributed by atoms with Crippen LogP contribution < -0.4 is 0 Å². The van der Waals surface area contributed by atoms with Crippen LogP contribution in [-0.2, 0) is 0 Å². The maximum absolute atomic E-state index is 2.31.